The summed E-state index contributed by atoms with van der Waals surface area (Å²) in [5.41, 5.74) is 0. The molecule has 0 aliphatic heterocycles. The average molecular weight is 362 g/mol. The fourth-order valence-corrected chi connectivity index (χ4v) is 6.96. The molecule has 19 heavy (non-hydrogen) atoms. The summed E-state index contributed by atoms with van der Waals surface area (Å²) in [4.78, 5) is 1.05. The van der Waals surface area contributed by atoms with Crippen LogP contribution < -0.4 is 0 Å². The zero-order valence-corrected chi connectivity index (χ0v) is 13.8. The molecular weight excluding hydrogens is 344 g/mol. The van der Waals surface area contributed by atoms with Gasteiger partial charge in [0.15, 0.2) is 0 Å². The SMILES string of the molecule is OC(c1cc(Br)c(Cl)s1)C1C2CC3CC(C2)CC1C3. The van der Waals surface area contributed by atoms with Gasteiger partial charge in [-0.3, -0.25) is 0 Å². The third kappa shape index (κ3) is 2.12. The van der Waals surface area contributed by atoms with Crippen molar-refractivity contribution in [3.63, 3.8) is 0 Å². The first-order chi connectivity index (χ1) is 9.11. The maximum atomic E-state index is 10.8. The van der Waals surface area contributed by atoms with Crippen LogP contribution in [0.15, 0.2) is 10.5 Å². The van der Waals surface area contributed by atoms with Crippen LogP contribution in [0, 0.1) is 29.6 Å². The minimum absolute atomic E-state index is 0.302. The van der Waals surface area contributed by atoms with Crippen molar-refractivity contribution in [1.82, 2.24) is 0 Å². The Morgan fingerprint density at radius 2 is 1.74 bits per heavy atom. The molecule has 104 valence electrons. The minimum Gasteiger partial charge on any atom is -0.387 e. The Bertz CT molecular complexity index is 453. The monoisotopic (exact) mass is 360 g/mol. The van der Waals surface area contributed by atoms with Gasteiger partial charge >= 0.3 is 0 Å². The quantitative estimate of drug-likeness (QED) is 0.761. The lowest BCUT2D eigenvalue weighted by Crippen LogP contribution is -2.47. The summed E-state index contributed by atoms with van der Waals surface area (Å²) in [6.07, 6.45) is 6.59. The molecule has 4 bridgehead atoms. The topological polar surface area (TPSA) is 20.2 Å². The van der Waals surface area contributed by atoms with E-state index in [9.17, 15) is 5.11 Å². The summed E-state index contributed by atoms with van der Waals surface area (Å²) in [5, 5.41) is 10.8. The van der Waals surface area contributed by atoms with Crippen LogP contribution in [0.4, 0.5) is 0 Å². The van der Waals surface area contributed by atoms with Gasteiger partial charge in [0.25, 0.3) is 0 Å². The average Bonchev–Trinajstić information content (AvgIpc) is 2.68. The van der Waals surface area contributed by atoms with Crippen LogP contribution in [0.1, 0.15) is 43.1 Å². The second-order valence-corrected chi connectivity index (χ2v) is 9.26. The van der Waals surface area contributed by atoms with E-state index in [1.807, 2.05) is 6.07 Å². The Balaban J connectivity index is 1.61. The number of aliphatic hydroxyl groups excluding tert-OH is 1. The molecule has 1 nitrogen and oxygen atoms in total. The first-order valence-electron chi connectivity index (χ1n) is 7.24. The van der Waals surface area contributed by atoms with Crippen molar-refractivity contribution in [3.05, 3.63) is 19.8 Å². The van der Waals surface area contributed by atoms with E-state index in [1.54, 1.807) is 0 Å². The molecule has 1 unspecified atom stereocenters. The summed E-state index contributed by atoms with van der Waals surface area (Å²) in [7, 11) is 0. The molecular formula is C15H18BrClOS. The Kier molecular flexibility index (Phi) is 3.26. The third-order valence-electron chi connectivity index (χ3n) is 5.62. The molecule has 1 aromatic heterocycles. The van der Waals surface area contributed by atoms with Gasteiger partial charge < -0.3 is 5.11 Å². The molecule has 1 heterocycles. The highest BCUT2D eigenvalue weighted by Crippen LogP contribution is 2.59. The van der Waals surface area contributed by atoms with E-state index in [2.05, 4.69) is 15.9 Å². The summed E-state index contributed by atoms with van der Waals surface area (Å²) in [6, 6.07) is 2.02. The van der Waals surface area contributed by atoms with Gasteiger partial charge in [-0.15, -0.1) is 11.3 Å². The fraction of sp³-hybridized carbons (Fsp3) is 0.733. The molecule has 4 heteroatoms. The fourth-order valence-electron chi connectivity index (χ4n) is 5.18. The maximum absolute atomic E-state index is 10.8. The predicted molar refractivity (Wildman–Crippen MR) is 82.5 cm³/mol. The Hall–Kier alpha value is 0.430. The molecule has 0 aromatic carbocycles. The molecule has 0 spiro atoms. The normalized spacial score (nSPS) is 41.7. The van der Waals surface area contributed by atoms with Gasteiger partial charge in [0, 0.05) is 9.35 Å². The van der Waals surface area contributed by atoms with Gasteiger partial charge in [-0.05, 0) is 83.7 Å². The van der Waals surface area contributed by atoms with E-state index in [1.165, 1.54) is 43.4 Å². The molecule has 4 fully saturated rings. The van der Waals surface area contributed by atoms with E-state index in [4.69, 9.17) is 11.6 Å². The molecule has 0 amide bonds. The number of hydrogen-bond acceptors (Lipinski definition) is 2. The van der Waals surface area contributed by atoms with E-state index < -0.39 is 0 Å². The predicted octanol–water partition coefficient (Wildman–Crippen LogP) is 5.27. The van der Waals surface area contributed by atoms with E-state index in [-0.39, 0.29) is 6.10 Å². The highest BCUT2D eigenvalue weighted by atomic mass is 79.9. The van der Waals surface area contributed by atoms with Crippen LogP contribution in [-0.2, 0) is 0 Å². The van der Waals surface area contributed by atoms with E-state index in [0.29, 0.717) is 5.92 Å². The molecule has 0 saturated heterocycles. The smallest absolute Gasteiger partial charge is 0.107 e. The summed E-state index contributed by atoms with van der Waals surface area (Å²) in [5.74, 6) is 3.92. The van der Waals surface area contributed by atoms with Crippen LogP contribution in [0.5, 0.6) is 0 Å². The molecule has 5 rings (SSSR count). The molecule has 1 atom stereocenters. The largest absolute Gasteiger partial charge is 0.387 e. The second kappa shape index (κ2) is 4.72. The molecule has 4 aliphatic rings. The number of hydrogen-bond donors (Lipinski definition) is 1. The van der Waals surface area contributed by atoms with E-state index >= 15 is 0 Å². The van der Waals surface area contributed by atoms with Gasteiger partial charge in [0.2, 0.25) is 0 Å². The molecule has 1 N–H and O–H groups in total. The summed E-state index contributed by atoms with van der Waals surface area (Å²) >= 11 is 11.1. The van der Waals surface area contributed by atoms with Gasteiger partial charge in [-0.1, -0.05) is 11.6 Å². The zero-order valence-electron chi connectivity index (χ0n) is 10.7. The number of aliphatic hydroxyl groups is 1. The first-order valence-corrected chi connectivity index (χ1v) is 9.23. The molecule has 4 saturated carbocycles. The highest BCUT2D eigenvalue weighted by molar-refractivity contribution is 9.10. The van der Waals surface area contributed by atoms with Crippen molar-refractivity contribution in [2.45, 2.75) is 38.2 Å². The summed E-state index contributed by atoms with van der Waals surface area (Å²) < 4.78 is 1.69. The van der Waals surface area contributed by atoms with Crippen LogP contribution >= 0.6 is 38.9 Å². The lowest BCUT2D eigenvalue weighted by atomic mass is 9.51. The first kappa shape index (κ1) is 13.1. The maximum Gasteiger partial charge on any atom is 0.107 e. The Morgan fingerprint density at radius 1 is 1.16 bits per heavy atom. The van der Waals surface area contributed by atoms with Crippen molar-refractivity contribution in [1.29, 1.82) is 0 Å². The number of thiophene rings is 1. The Labute approximate surface area is 131 Å². The van der Waals surface area contributed by atoms with E-state index in [0.717, 1.165) is 37.4 Å². The molecule has 1 aromatic rings. The lowest BCUT2D eigenvalue weighted by Gasteiger charge is -2.55. The van der Waals surface area contributed by atoms with Gasteiger partial charge in [0.1, 0.15) is 4.34 Å². The van der Waals surface area contributed by atoms with Crippen molar-refractivity contribution >= 4 is 38.9 Å². The van der Waals surface area contributed by atoms with Crippen LogP contribution in [0.25, 0.3) is 0 Å². The second-order valence-electron chi connectivity index (χ2n) is 6.72. The standard InChI is InChI=1S/C15H18BrClOS/c16-11-6-12(19-15(11)17)14(18)13-9-2-7-1-8(4-9)5-10(13)3-7/h6-10,13-14,18H,1-5H2. The number of halogens is 2. The number of rotatable bonds is 2. The van der Waals surface area contributed by atoms with Crippen LogP contribution in [0.2, 0.25) is 4.34 Å². The molecule has 0 radical (unpaired) electrons. The van der Waals surface area contributed by atoms with Gasteiger partial charge in [-0.2, -0.15) is 0 Å². The summed E-state index contributed by atoms with van der Waals surface area (Å²) in [6.45, 7) is 0. The van der Waals surface area contributed by atoms with Crippen molar-refractivity contribution in [2.75, 3.05) is 0 Å². The van der Waals surface area contributed by atoms with Crippen LogP contribution in [-0.4, -0.2) is 5.11 Å². The van der Waals surface area contributed by atoms with Crippen molar-refractivity contribution in [2.24, 2.45) is 29.6 Å². The Morgan fingerprint density at radius 3 is 2.21 bits per heavy atom. The highest BCUT2D eigenvalue weighted by Gasteiger charge is 2.50. The van der Waals surface area contributed by atoms with Crippen LogP contribution in [0.3, 0.4) is 0 Å². The minimum atomic E-state index is -0.302. The third-order valence-corrected chi connectivity index (χ3v) is 8.17. The van der Waals surface area contributed by atoms with Gasteiger partial charge in [-0.25, -0.2) is 0 Å². The van der Waals surface area contributed by atoms with Crippen molar-refractivity contribution < 1.29 is 5.11 Å². The van der Waals surface area contributed by atoms with Crippen molar-refractivity contribution in [3.8, 4) is 0 Å². The zero-order chi connectivity index (χ0) is 13.1. The molecule has 4 aliphatic carbocycles. The lowest BCUT2D eigenvalue weighted by molar-refractivity contribution is -0.0898. The van der Waals surface area contributed by atoms with Gasteiger partial charge in [0.05, 0.1) is 6.10 Å².